The van der Waals surface area contributed by atoms with Gasteiger partial charge in [0.2, 0.25) is 0 Å². The van der Waals surface area contributed by atoms with Crippen LogP contribution in [0, 0.1) is 0 Å². The van der Waals surface area contributed by atoms with Crippen LogP contribution in [0.1, 0.15) is 32.1 Å². The molecule has 6 rings (SSSR count). The van der Waals surface area contributed by atoms with E-state index in [1.807, 2.05) is 23.5 Å². The minimum absolute atomic E-state index is 0.955. The normalized spacial score (nSPS) is 15.8. The van der Waals surface area contributed by atoms with Crippen LogP contribution in [0.15, 0.2) is 113 Å². The van der Waals surface area contributed by atoms with Crippen molar-refractivity contribution >= 4 is 78.1 Å². The Morgan fingerprint density at radius 2 is 0.807 bits per heavy atom. The van der Waals surface area contributed by atoms with Gasteiger partial charge in [0.25, 0.3) is 0 Å². The van der Waals surface area contributed by atoms with Crippen LogP contribution in [0.25, 0.3) is 0 Å². The van der Waals surface area contributed by atoms with Crippen molar-refractivity contribution in [2.45, 2.75) is 51.7 Å². The number of likely N-dealkylation sites (N-methyl/N-ethyl adjacent to an activating group) is 2. The number of nitrogens with zero attached hydrogens (tertiary/aromatic N) is 4. The average molecular weight is 939 g/mol. The molecule has 0 atom stereocenters. The van der Waals surface area contributed by atoms with E-state index in [0.29, 0.717) is 0 Å². The van der Waals surface area contributed by atoms with E-state index in [-0.39, 0.29) is 0 Å². The molecule has 4 aromatic rings. The Labute approximate surface area is 367 Å². The van der Waals surface area contributed by atoms with Gasteiger partial charge in [-0.25, -0.2) is 0 Å². The van der Waals surface area contributed by atoms with Crippen LogP contribution in [-0.2, 0) is 0 Å². The molecule has 12 heteroatoms. The summed E-state index contributed by atoms with van der Waals surface area (Å²) in [4.78, 5) is 15.0. The Hall–Kier alpha value is -2.42. The zero-order valence-electron chi connectivity index (χ0n) is 33.9. The molecular weight excluding hydrogens is 876 g/mol. The number of para-hydroxylation sites is 2. The Bertz CT molecular complexity index is 1670. The van der Waals surface area contributed by atoms with Gasteiger partial charge in [-0.1, -0.05) is 79.6 Å². The molecule has 2 aliphatic rings. The van der Waals surface area contributed by atoms with E-state index >= 15 is 0 Å². The van der Waals surface area contributed by atoms with Crippen LogP contribution in [0.4, 0.5) is 22.7 Å². The fourth-order valence-electron chi connectivity index (χ4n) is 7.17. The Kier molecular flexibility index (Phi) is 18.6. The van der Waals surface area contributed by atoms with E-state index in [0.717, 1.165) is 80.3 Å². The molecule has 0 saturated carbocycles. The average Bonchev–Trinajstić information content (AvgIpc) is 3.22. The summed E-state index contributed by atoms with van der Waals surface area (Å²) in [6, 6.07) is 30.6. The predicted molar refractivity (Wildman–Crippen MR) is 254 cm³/mol. The fraction of sp³-hybridized carbons (Fsp3) is 0.467. The molecular formula is C45H62Br2N8S2. The lowest BCUT2D eigenvalue weighted by atomic mass is 10.2. The number of unbranched alkanes of at least 4 members (excludes halogenated alkanes) is 2. The highest BCUT2D eigenvalue weighted by atomic mass is 79.9. The standard InChI is InChI=1S/C45H62Br2N8S2/c1-52-26-30-54(31-27-52)24-10-22-50-40-34-36(46)16-18-44(40)56-42-14-6-4-12-38(42)48-20-8-3-9-21-49-39-13-5-7-15-43(39)57-45-19-17-37(47)35-41(45)51-23-11-25-55-32-28-53(2)29-33-55/h4-7,12-19,34-35,48-51H,3,8-11,20-33H2,1-2H3. The second-order valence-electron chi connectivity index (χ2n) is 15.2. The Balaban J connectivity index is 0.917. The van der Waals surface area contributed by atoms with Gasteiger partial charge in [0.05, 0.1) is 0 Å². The van der Waals surface area contributed by atoms with E-state index in [1.54, 1.807) is 0 Å². The van der Waals surface area contributed by atoms with Gasteiger partial charge in [-0.2, -0.15) is 0 Å². The highest BCUT2D eigenvalue weighted by Crippen LogP contribution is 2.40. The van der Waals surface area contributed by atoms with Crippen molar-refractivity contribution in [1.29, 1.82) is 0 Å². The minimum Gasteiger partial charge on any atom is -0.384 e. The summed E-state index contributed by atoms with van der Waals surface area (Å²) in [5, 5.41) is 15.0. The van der Waals surface area contributed by atoms with Crippen molar-refractivity contribution < 1.29 is 0 Å². The number of halogens is 2. The van der Waals surface area contributed by atoms with Crippen LogP contribution in [0.5, 0.6) is 0 Å². The highest BCUT2D eigenvalue weighted by molar-refractivity contribution is 9.10. The van der Waals surface area contributed by atoms with Gasteiger partial charge < -0.3 is 40.9 Å². The third kappa shape index (κ3) is 15.0. The number of hydrogen-bond donors (Lipinski definition) is 4. The van der Waals surface area contributed by atoms with Crippen molar-refractivity contribution in [3.8, 4) is 0 Å². The summed E-state index contributed by atoms with van der Waals surface area (Å²) in [6.45, 7) is 15.5. The van der Waals surface area contributed by atoms with E-state index in [9.17, 15) is 0 Å². The smallest absolute Gasteiger partial charge is 0.0493 e. The first-order valence-corrected chi connectivity index (χ1v) is 24.0. The van der Waals surface area contributed by atoms with Crippen LogP contribution < -0.4 is 21.3 Å². The first-order chi connectivity index (χ1) is 27.9. The number of piperazine rings is 2. The van der Waals surface area contributed by atoms with Crippen molar-refractivity contribution in [2.24, 2.45) is 0 Å². The molecule has 2 fully saturated rings. The zero-order chi connectivity index (χ0) is 39.7. The lowest BCUT2D eigenvalue weighted by Gasteiger charge is -2.32. The molecule has 4 N–H and O–H groups in total. The molecule has 2 aliphatic heterocycles. The van der Waals surface area contributed by atoms with Crippen LogP contribution >= 0.6 is 55.4 Å². The fourth-order valence-corrected chi connectivity index (χ4v) is 9.91. The van der Waals surface area contributed by atoms with Gasteiger partial charge in [-0.05, 0) is 120 Å². The third-order valence-electron chi connectivity index (χ3n) is 10.7. The molecule has 57 heavy (non-hydrogen) atoms. The molecule has 0 spiro atoms. The summed E-state index contributed by atoms with van der Waals surface area (Å²) >= 11 is 11.1. The molecule has 0 aromatic heterocycles. The lowest BCUT2D eigenvalue weighted by molar-refractivity contribution is 0.154. The van der Waals surface area contributed by atoms with Crippen LogP contribution in [-0.4, -0.2) is 125 Å². The Morgan fingerprint density at radius 3 is 1.25 bits per heavy atom. The number of anilines is 4. The Morgan fingerprint density at radius 1 is 0.439 bits per heavy atom. The number of benzene rings is 4. The molecule has 8 nitrogen and oxygen atoms in total. The van der Waals surface area contributed by atoms with Gasteiger partial charge in [-0.3, -0.25) is 0 Å². The second-order valence-corrected chi connectivity index (χ2v) is 19.2. The number of nitrogens with one attached hydrogen (secondary N) is 4. The first-order valence-electron chi connectivity index (χ1n) is 20.8. The SMILES string of the molecule is CN1CCN(CCCNc2cc(Br)ccc2Sc2ccccc2NCCCCCNc2ccccc2Sc2ccc(Br)cc2NCCCN2CCN(C)CC2)CC1. The molecule has 308 valence electrons. The molecule has 0 amide bonds. The maximum atomic E-state index is 3.75. The maximum absolute atomic E-state index is 3.75. The summed E-state index contributed by atoms with van der Waals surface area (Å²) in [7, 11) is 4.44. The van der Waals surface area contributed by atoms with Crippen LogP contribution in [0.3, 0.4) is 0 Å². The van der Waals surface area contributed by atoms with Gasteiger partial charge >= 0.3 is 0 Å². The third-order valence-corrected chi connectivity index (χ3v) is 14.0. The number of rotatable bonds is 22. The van der Waals surface area contributed by atoms with E-state index in [1.165, 1.54) is 94.7 Å². The van der Waals surface area contributed by atoms with Gasteiger partial charge in [-0.15, -0.1) is 0 Å². The quantitative estimate of drug-likeness (QED) is 0.0574. The molecule has 2 saturated heterocycles. The molecule has 0 unspecified atom stereocenters. The molecule has 0 aliphatic carbocycles. The van der Waals surface area contributed by atoms with Crippen molar-refractivity contribution in [2.75, 3.05) is 127 Å². The van der Waals surface area contributed by atoms with E-state index in [4.69, 9.17) is 0 Å². The van der Waals surface area contributed by atoms with Crippen molar-refractivity contribution in [3.05, 3.63) is 93.9 Å². The minimum atomic E-state index is 0.955. The van der Waals surface area contributed by atoms with Crippen LogP contribution in [0.2, 0.25) is 0 Å². The lowest BCUT2D eigenvalue weighted by Crippen LogP contribution is -2.44. The van der Waals surface area contributed by atoms with Gasteiger partial charge in [0, 0.05) is 130 Å². The first kappa shape index (κ1) is 44.1. The zero-order valence-corrected chi connectivity index (χ0v) is 38.7. The monoisotopic (exact) mass is 936 g/mol. The largest absolute Gasteiger partial charge is 0.384 e. The summed E-state index contributed by atoms with van der Waals surface area (Å²) < 4.78 is 2.20. The summed E-state index contributed by atoms with van der Waals surface area (Å²) in [5.41, 5.74) is 4.78. The molecule has 0 bridgehead atoms. The highest BCUT2D eigenvalue weighted by Gasteiger charge is 2.15. The van der Waals surface area contributed by atoms with Crippen molar-refractivity contribution in [1.82, 2.24) is 19.6 Å². The molecule has 2 heterocycles. The van der Waals surface area contributed by atoms with E-state index < -0.39 is 0 Å². The van der Waals surface area contributed by atoms with Crippen molar-refractivity contribution in [3.63, 3.8) is 0 Å². The van der Waals surface area contributed by atoms with Gasteiger partial charge in [0.15, 0.2) is 0 Å². The predicted octanol–water partition coefficient (Wildman–Crippen LogP) is 10.3. The summed E-state index contributed by atoms with van der Waals surface area (Å²) in [5.74, 6) is 0. The maximum Gasteiger partial charge on any atom is 0.0493 e. The van der Waals surface area contributed by atoms with E-state index in [2.05, 4.69) is 172 Å². The van der Waals surface area contributed by atoms with Gasteiger partial charge in [0.1, 0.15) is 0 Å². The topological polar surface area (TPSA) is 61.1 Å². The summed E-state index contributed by atoms with van der Waals surface area (Å²) in [6.07, 6.45) is 5.69. The second kappa shape index (κ2) is 24.0. The molecule has 4 aromatic carbocycles. The number of hydrogen-bond acceptors (Lipinski definition) is 10. The molecule has 0 radical (unpaired) electrons.